The van der Waals surface area contributed by atoms with Crippen molar-refractivity contribution in [3.05, 3.63) is 41.2 Å². The molecule has 0 radical (unpaired) electrons. The molecule has 6 heteroatoms. The van der Waals surface area contributed by atoms with E-state index < -0.39 is 0 Å². The first kappa shape index (κ1) is 15.1. The van der Waals surface area contributed by atoms with Crippen LogP contribution in [0.5, 0.6) is 0 Å². The molecule has 0 bridgehead atoms. The van der Waals surface area contributed by atoms with E-state index in [1.807, 2.05) is 26.0 Å². The summed E-state index contributed by atoms with van der Waals surface area (Å²) >= 11 is 6.11. The molecular weight excluding hydrogens is 304 g/mol. The third-order valence-corrected chi connectivity index (χ3v) is 3.99. The lowest BCUT2D eigenvalue weighted by atomic mass is 9.96. The highest BCUT2D eigenvalue weighted by molar-refractivity contribution is 6.33. The molecule has 3 rings (SSSR count). The maximum Gasteiger partial charge on any atom is 0.276 e. The lowest BCUT2D eigenvalue weighted by Gasteiger charge is -2.47. The zero-order valence-corrected chi connectivity index (χ0v) is 13.3. The van der Waals surface area contributed by atoms with Crippen LogP contribution < -0.4 is 0 Å². The van der Waals surface area contributed by atoms with E-state index in [1.54, 1.807) is 17.0 Å². The number of halogens is 1. The van der Waals surface area contributed by atoms with Crippen LogP contribution in [0.15, 0.2) is 34.9 Å². The second kappa shape index (κ2) is 5.74. The number of hydrogen-bond donors (Lipinski definition) is 0. The summed E-state index contributed by atoms with van der Waals surface area (Å²) in [7, 11) is 0. The monoisotopic (exact) mass is 320 g/mol. The van der Waals surface area contributed by atoms with Gasteiger partial charge >= 0.3 is 0 Å². The summed E-state index contributed by atoms with van der Waals surface area (Å²) in [4.78, 5) is 18.3. The van der Waals surface area contributed by atoms with Crippen molar-refractivity contribution in [3.63, 3.8) is 0 Å². The Bertz CT molecular complexity index is 692. The number of ether oxygens (including phenoxy) is 1. The van der Waals surface area contributed by atoms with E-state index in [-0.39, 0.29) is 17.2 Å². The third kappa shape index (κ3) is 2.74. The number of likely N-dealkylation sites (tertiary alicyclic amines) is 1. The first-order valence-electron chi connectivity index (χ1n) is 7.16. The average Bonchev–Trinajstić information content (AvgIpc) is 2.94. The maximum absolute atomic E-state index is 12.4. The Labute approximate surface area is 133 Å². The number of rotatable bonds is 4. The van der Waals surface area contributed by atoms with E-state index in [9.17, 15) is 4.79 Å². The highest BCUT2D eigenvalue weighted by atomic mass is 35.5. The van der Waals surface area contributed by atoms with E-state index in [0.717, 1.165) is 0 Å². The molecule has 0 N–H and O–H groups in total. The predicted octanol–water partition coefficient (Wildman–Crippen LogP) is 3.25. The van der Waals surface area contributed by atoms with Gasteiger partial charge in [0.1, 0.15) is 11.9 Å². The number of carbonyl (C=O) groups is 1. The molecule has 0 aliphatic carbocycles. The van der Waals surface area contributed by atoms with Crippen LogP contribution in [0.3, 0.4) is 0 Å². The molecule has 1 saturated heterocycles. The van der Waals surface area contributed by atoms with Crippen molar-refractivity contribution in [3.8, 4) is 11.5 Å². The lowest BCUT2D eigenvalue weighted by molar-refractivity contribution is -0.113. The van der Waals surface area contributed by atoms with Gasteiger partial charge in [-0.3, -0.25) is 4.79 Å². The van der Waals surface area contributed by atoms with E-state index in [0.29, 0.717) is 36.2 Å². The molecule has 116 valence electrons. The number of oxazole rings is 1. The average molecular weight is 321 g/mol. The Hall–Kier alpha value is -1.85. The lowest BCUT2D eigenvalue weighted by Crippen LogP contribution is -2.63. The zero-order chi connectivity index (χ0) is 15.7. The summed E-state index contributed by atoms with van der Waals surface area (Å²) in [6, 6.07) is 7.23. The topological polar surface area (TPSA) is 55.6 Å². The fraction of sp³-hybridized carbons (Fsp3) is 0.375. The van der Waals surface area contributed by atoms with Crippen LogP contribution in [0.2, 0.25) is 5.02 Å². The van der Waals surface area contributed by atoms with E-state index in [4.69, 9.17) is 20.8 Å². The number of carbonyl (C=O) groups excluding carboxylic acids is 1. The third-order valence-electron chi connectivity index (χ3n) is 3.66. The molecule has 2 heterocycles. The Kier molecular flexibility index (Phi) is 3.93. The van der Waals surface area contributed by atoms with Gasteiger partial charge in [0, 0.05) is 6.61 Å². The van der Waals surface area contributed by atoms with Crippen molar-refractivity contribution in [2.24, 2.45) is 0 Å². The van der Waals surface area contributed by atoms with Crippen molar-refractivity contribution in [2.45, 2.75) is 19.4 Å². The highest BCUT2D eigenvalue weighted by Crippen LogP contribution is 2.29. The minimum atomic E-state index is -0.250. The molecule has 0 atom stereocenters. The van der Waals surface area contributed by atoms with Crippen molar-refractivity contribution in [1.29, 1.82) is 0 Å². The first-order chi connectivity index (χ1) is 10.5. The SMILES string of the molecule is CCOC1(C)CN(C(=O)c2coc(-c3ccccc3Cl)n2)C1. The van der Waals surface area contributed by atoms with Crippen molar-refractivity contribution in [2.75, 3.05) is 19.7 Å². The molecule has 1 fully saturated rings. The van der Waals surface area contributed by atoms with Crippen LogP contribution in [0.4, 0.5) is 0 Å². The van der Waals surface area contributed by atoms with Crippen LogP contribution >= 0.6 is 11.6 Å². The number of nitrogens with zero attached hydrogens (tertiary/aromatic N) is 2. The molecule has 22 heavy (non-hydrogen) atoms. The summed E-state index contributed by atoms with van der Waals surface area (Å²) in [6.45, 7) is 5.71. The standard InChI is InChI=1S/C16H17ClN2O3/c1-3-22-16(2)9-19(10-16)15(20)13-8-21-14(18-13)11-6-4-5-7-12(11)17/h4-8H,3,9-10H2,1-2H3. The highest BCUT2D eigenvalue weighted by Gasteiger charge is 2.42. The van der Waals surface area contributed by atoms with E-state index in [2.05, 4.69) is 4.98 Å². The van der Waals surface area contributed by atoms with Gasteiger partial charge in [0.05, 0.1) is 23.7 Å². The van der Waals surface area contributed by atoms with Gasteiger partial charge in [-0.25, -0.2) is 4.98 Å². The first-order valence-corrected chi connectivity index (χ1v) is 7.54. The molecule has 1 aliphatic rings. The van der Waals surface area contributed by atoms with E-state index in [1.165, 1.54) is 6.26 Å². The summed E-state index contributed by atoms with van der Waals surface area (Å²) in [5, 5.41) is 0.538. The zero-order valence-electron chi connectivity index (χ0n) is 12.5. The molecule has 1 aliphatic heterocycles. The van der Waals surface area contributed by atoms with Crippen molar-refractivity contribution in [1.82, 2.24) is 9.88 Å². The largest absolute Gasteiger partial charge is 0.444 e. The van der Waals surface area contributed by atoms with E-state index >= 15 is 0 Å². The van der Waals surface area contributed by atoms with Gasteiger partial charge in [-0.2, -0.15) is 0 Å². The normalized spacial score (nSPS) is 16.4. The summed E-state index contributed by atoms with van der Waals surface area (Å²) in [5.41, 5.74) is 0.708. The summed E-state index contributed by atoms with van der Waals surface area (Å²) in [5.74, 6) is 0.196. The fourth-order valence-corrected chi connectivity index (χ4v) is 2.85. The second-order valence-electron chi connectivity index (χ2n) is 5.56. The van der Waals surface area contributed by atoms with Crippen LogP contribution in [-0.4, -0.2) is 41.1 Å². The molecule has 0 saturated carbocycles. The minimum Gasteiger partial charge on any atom is -0.444 e. The van der Waals surface area contributed by atoms with Gasteiger partial charge in [0.25, 0.3) is 5.91 Å². The maximum atomic E-state index is 12.4. The van der Waals surface area contributed by atoms with Crippen LogP contribution in [-0.2, 0) is 4.74 Å². The molecule has 2 aromatic rings. The molecule has 5 nitrogen and oxygen atoms in total. The quantitative estimate of drug-likeness (QED) is 0.867. The predicted molar refractivity (Wildman–Crippen MR) is 82.9 cm³/mol. The molecular formula is C16H17ClN2O3. The molecule has 1 aromatic heterocycles. The van der Waals surface area contributed by atoms with Gasteiger partial charge in [-0.05, 0) is 26.0 Å². The summed E-state index contributed by atoms with van der Waals surface area (Å²) in [6.07, 6.45) is 1.37. The van der Waals surface area contributed by atoms with Gasteiger partial charge in [-0.15, -0.1) is 0 Å². The number of hydrogen-bond acceptors (Lipinski definition) is 4. The Balaban J connectivity index is 1.73. The Morgan fingerprint density at radius 3 is 2.86 bits per heavy atom. The molecule has 1 aromatic carbocycles. The van der Waals surface area contributed by atoms with Gasteiger partial charge in [-0.1, -0.05) is 23.7 Å². The summed E-state index contributed by atoms with van der Waals surface area (Å²) < 4.78 is 11.0. The second-order valence-corrected chi connectivity index (χ2v) is 5.97. The number of benzene rings is 1. The van der Waals surface area contributed by atoms with Gasteiger partial charge < -0.3 is 14.1 Å². The molecule has 1 amide bonds. The minimum absolute atomic E-state index is 0.153. The molecule has 0 spiro atoms. The molecule has 0 unspecified atom stereocenters. The number of aromatic nitrogens is 1. The Morgan fingerprint density at radius 2 is 2.18 bits per heavy atom. The number of amides is 1. The van der Waals surface area contributed by atoms with Crippen LogP contribution in [0, 0.1) is 0 Å². The Morgan fingerprint density at radius 1 is 1.45 bits per heavy atom. The van der Waals surface area contributed by atoms with Gasteiger partial charge in [0.15, 0.2) is 5.69 Å². The fourth-order valence-electron chi connectivity index (χ4n) is 2.64. The van der Waals surface area contributed by atoms with Crippen molar-refractivity contribution >= 4 is 17.5 Å². The van der Waals surface area contributed by atoms with Crippen LogP contribution in [0.1, 0.15) is 24.3 Å². The smallest absolute Gasteiger partial charge is 0.276 e. The van der Waals surface area contributed by atoms with Gasteiger partial charge in [0.2, 0.25) is 5.89 Å². The van der Waals surface area contributed by atoms with Crippen LogP contribution in [0.25, 0.3) is 11.5 Å². The van der Waals surface area contributed by atoms with Crippen molar-refractivity contribution < 1.29 is 13.9 Å².